The van der Waals surface area contributed by atoms with Crippen LogP contribution in [0.4, 0.5) is 5.95 Å². The molecule has 2 aromatic heterocycles. The lowest BCUT2D eigenvalue weighted by Gasteiger charge is -2.31. The fourth-order valence-corrected chi connectivity index (χ4v) is 2.65. The van der Waals surface area contributed by atoms with Gasteiger partial charge in [-0.1, -0.05) is 18.5 Å². The number of nitrogens with one attached hydrogen (secondary N) is 1. The van der Waals surface area contributed by atoms with Crippen molar-refractivity contribution in [3.05, 3.63) is 23.4 Å². The van der Waals surface area contributed by atoms with Crippen LogP contribution in [0.3, 0.4) is 0 Å². The molecule has 0 bridgehead atoms. The maximum absolute atomic E-state index is 5.94. The second kappa shape index (κ2) is 5.35. The fraction of sp³-hybridized carbons (Fsp3) is 0.538. The summed E-state index contributed by atoms with van der Waals surface area (Å²) in [5.41, 5.74) is 0.817. The third-order valence-electron chi connectivity index (χ3n) is 3.66. The van der Waals surface area contributed by atoms with Crippen molar-refractivity contribution in [2.24, 2.45) is 0 Å². The van der Waals surface area contributed by atoms with Crippen molar-refractivity contribution in [3.8, 4) is 0 Å². The monoisotopic (exact) mass is 279 g/mol. The van der Waals surface area contributed by atoms with Crippen LogP contribution >= 0.6 is 11.6 Å². The molecule has 0 saturated carbocycles. The Morgan fingerprint density at radius 2 is 2.16 bits per heavy atom. The summed E-state index contributed by atoms with van der Waals surface area (Å²) in [6.07, 6.45) is 4.06. The molecule has 0 radical (unpaired) electrons. The number of likely N-dealkylation sites (tertiary alicyclic amines) is 1. The minimum absolute atomic E-state index is 0.468. The summed E-state index contributed by atoms with van der Waals surface area (Å²) in [6.45, 7) is 5.64. The van der Waals surface area contributed by atoms with Crippen LogP contribution in [0.25, 0.3) is 5.65 Å². The van der Waals surface area contributed by atoms with Crippen molar-refractivity contribution >= 4 is 23.2 Å². The van der Waals surface area contributed by atoms with E-state index in [4.69, 9.17) is 11.6 Å². The predicted molar refractivity (Wildman–Crippen MR) is 76.8 cm³/mol. The number of fused-ring (bicyclic) bond motifs is 1. The number of hydrogen-bond acceptors (Lipinski definition) is 4. The van der Waals surface area contributed by atoms with Crippen LogP contribution in [0.15, 0.2) is 18.3 Å². The van der Waals surface area contributed by atoms with E-state index in [0.717, 1.165) is 38.1 Å². The molecule has 2 aromatic rings. The highest BCUT2D eigenvalue weighted by Crippen LogP contribution is 2.16. The number of hydrogen-bond donors (Lipinski definition) is 1. The molecule has 1 fully saturated rings. The number of anilines is 1. The van der Waals surface area contributed by atoms with Gasteiger partial charge in [-0.15, -0.1) is 5.10 Å². The summed E-state index contributed by atoms with van der Waals surface area (Å²) in [5, 5.41) is 8.49. The second-order valence-corrected chi connectivity index (χ2v) is 5.37. The molecule has 1 aliphatic heterocycles. The molecule has 0 unspecified atom stereocenters. The van der Waals surface area contributed by atoms with Gasteiger partial charge in [-0.3, -0.25) is 0 Å². The van der Waals surface area contributed by atoms with Gasteiger partial charge in [-0.25, -0.2) is 4.52 Å². The Morgan fingerprint density at radius 3 is 2.89 bits per heavy atom. The number of pyridine rings is 1. The summed E-state index contributed by atoms with van der Waals surface area (Å²) in [5.74, 6) is 0.692. The van der Waals surface area contributed by atoms with Crippen molar-refractivity contribution in [1.82, 2.24) is 19.5 Å². The van der Waals surface area contributed by atoms with Crippen molar-refractivity contribution in [2.45, 2.75) is 25.8 Å². The van der Waals surface area contributed by atoms with Gasteiger partial charge in [0.25, 0.3) is 0 Å². The van der Waals surface area contributed by atoms with Gasteiger partial charge in [0.05, 0.1) is 5.02 Å². The maximum Gasteiger partial charge on any atom is 0.243 e. The molecule has 3 heterocycles. The highest BCUT2D eigenvalue weighted by Gasteiger charge is 2.19. The van der Waals surface area contributed by atoms with Gasteiger partial charge in [0.15, 0.2) is 5.65 Å². The van der Waals surface area contributed by atoms with E-state index in [1.807, 2.05) is 12.1 Å². The van der Waals surface area contributed by atoms with Crippen LogP contribution < -0.4 is 5.32 Å². The molecule has 1 aliphatic rings. The highest BCUT2D eigenvalue weighted by atomic mass is 35.5. The van der Waals surface area contributed by atoms with Crippen LogP contribution in [0.2, 0.25) is 5.02 Å². The van der Waals surface area contributed by atoms with E-state index in [-0.39, 0.29) is 0 Å². The Hall–Kier alpha value is -1.33. The van der Waals surface area contributed by atoms with Gasteiger partial charge in [0.1, 0.15) is 0 Å². The van der Waals surface area contributed by atoms with Crippen molar-refractivity contribution in [3.63, 3.8) is 0 Å². The first kappa shape index (κ1) is 12.7. The number of halogens is 1. The zero-order valence-electron chi connectivity index (χ0n) is 11.0. The molecule has 0 spiro atoms. The van der Waals surface area contributed by atoms with E-state index in [1.54, 1.807) is 10.7 Å². The molecule has 1 N–H and O–H groups in total. The minimum Gasteiger partial charge on any atom is -0.350 e. The molecule has 1 saturated heterocycles. The van der Waals surface area contributed by atoms with Gasteiger partial charge < -0.3 is 10.2 Å². The molecule has 0 aromatic carbocycles. The normalized spacial score (nSPS) is 18.0. The Bertz CT molecular complexity index is 559. The van der Waals surface area contributed by atoms with E-state index < -0.39 is 0 Å². The van der Waals surface area contributed by atoms with E-state index in [2.05, 4.69) is 27.2 Å². The molecule has 3 rings (SSSR count). The third-order valence-corrected chi connectivity index (χ3v) is 3.89. The molecule has 0 amide bonds. The topological polar surface area (TPSA) is 45.5 Å². The lowest BCUT2D eigenvalue weighted by atomic mass is 10.1. The van der Waals surface area contributed by atoms with E-state index in [0.29, 0.717) is 17.0 Å². The SMILES string of the molecule is CCN1CCC(Nc2nc3ccc(Cl)cn3n2)CC1. The van der Waals surface area contributed by atoms with Gasteiger partial charge in [-0.05, 0) is 31.5 Å². The molecule has 0 aliphatic carbocycles. The van der Waals surface area contributed by atoms with Gasteiger partial charge in [0, 0.05) is 25.3 Å². The Balaban J connectivity index is 1.68. The quantitative estimate of drug-likeness (QED) is 0.936. The first-order valence-electron chi connectivity index (χ1n) is 6.75. The molecule has 5 nitrogen and oxygen atoms in total. The number of piperidine rings is 1. The molecular formula is C13H18ClN5. The third kappa shape index (κ3) is 2.82. The standard InChI is InChI=1S/C13H18ClN5/c1-2-18-7-5-11(6-8-18)15-13-16-12-4-3-10(14)9-19(12)17-13/h3-4,9,11H,2,5-8H2,1H3,(H,15,17). The highest BCUT2D eigenvalue weighted by molar-refractivity contribution is 6.30. The van der Waals surface area contributed by atoms with Gasteiger partial charge >= 0.3 is 0 Å². The molecule has 102 valence electrons. The second-order valence-electron chi connectivity index (χ2n) is 4.94. The average Bonchev–Trinajstić information content (AvgIpc) is 2.81. The summed E-state index contributed by atoms with van der Waals surface area (Å²) in [4.78, 5) is 6.92. The Kier molecular flexibility index (Phi) is 3.57. The Morgan fingerprint density at radius 1 is 1.37 bits per heavy atom. The summed E-state index contributed by atoms with van der Waals surface area (Å²) >= 11 is 5.94. The summed E-state index contributed by atoms with van der Waals surface area (Å²) in [7, 11) is 0. The fourth-order valence-electron chi connectivity index (χ4n) is 2.50. The average molecular weight is 280 g/mol. The molecular weight excluding hydrogens is 262 g/mol. The van der Waals surface area contributed by atoms with Gasteiger partial charge in [0.2, 0.25) is 5.95 Å². The van der Waals surface area contributed by atoms with Crippen molar-refractivity contribution in [2.75, 3.05) is 25.0 Å². The van der Waals surface area contributed by atoms with Crippen LogP contribution in [-0.4, -0.2) is 45.2 Å². The minimum atomic E-state index is 0.468. The summed E-state index contributed by atoms with van der Waals surface area (Å²) in [6, 6.07) is 4.17. The van der Waals surface area contributed by atoms with E-state index >= 15 is 0 Å². The smallest absolute Gasteiger partial charge is 0.243 e. The van der Waals surface area contributed by atoms with Crippen LogP contribution in [0.5, 0.6) is 0 Å². The summed E-state index contributed by atoms with van der Waals surface area (Å²) < 4.78 is 1.71. The lowest BCUT2D eigenvalue weighted by molar-refractivity contribution is 0.229. The number of rotatable bonds is 3. The van der Waals surface area contributed by atoms with Crippen LogP contribution in [-0.2, 0) is 0 Å². The van der Waals surface area contributed by atoms with Crippen LogP contribution in [0, 0.1) is 0 Å². The van der Waals surface area contributed by atoms with Gasteiger partial charge in [-0.2, -0.15) is 4.98 Å². The first-order chi connectivity index (χ1) is 9.24. The van der Waals surface area contributed by atoms with Crippen molar-refractivity contribution < 1.29 is 0 Å². The molecule has 6 heteroatoms. The van der Waals surface area contributed by atoms with E-state index in [9.17, 15) is 0 Å². The zero-order chi connectivity index (χ0) is 13.2. The predicted octanol–water partition coefficient (Wildman–Crippen LogP) is 2.28. The maximum atomic E-state index is 5.94. The number of nitrogens with zero attached hydrogens (tertiary/aromatic N) is 4. The van der Waals surface area contributed by atoms with Crippen LogP contribution in [0.1, 0.15) is 19.8 Å². The van der Waals surface area contributed by atoms with E-state index in [1.165, 1.54) is 0 Å². The molecule has 0 atom stereocenters. The van der Waals surface area contributed by atoms with Crippen molar-refractivity contribution in [1.29, 1.82) is 0 Å². The largest absolute Gasteiger partial charge is 0.350 e. The first-order valence-corrected chi connectivity index (χ1v) is 7.13. The lowest BCUT2D eigenvalue weighted by Crippen LogP contribution is -2.39. The number of aromatic nitrogens is 3. The Labute approximate surface area is 117 Å². The molecule has 19 heavy (non-hydrogen) atoms. The zero-order valence-corrected chi connectivity index (χ0v) is 11.8.